The molecule has 0 saturated heterocycles. The Kier molecular flexibility index (Phi) is 8.14. The van der Waals surface area contributed by atoms with Crippen LogP contribution in [0.15, 0.2) is 223 Å². The van der Waals surface area contributed by atoms with Crippen molar-refractivity contribution in [1.29, 1.82) is 0 Å². The maximum absolute atomic E-state index is 7.01. The summed E-state index contributed by atoms with van der Waals surface area (Å²) in [7, 11) is 0. The van der Waals surface area contributed by atoms with Gasteiger partial charge in [-0.25, -0.2) is 0 Å². The largest absolute Gasteiger partial charge is 0.455 e. The molecule has 2 nitrogen and oxygen atoms in total. The Balaban J connectivity index is 0.994. The van der Waals surface area contributed by atoms with E-state index in [9.17, 15) is 0 Å². The smallest absolute Gasteiger partial charge is 0.143 e. The number of para-hydroxylation sites is 1. The lowest BCUT2D eigenvalue weighted by Crippen LogP contribution is -2.03. The molecule has 0 N–H and O–H groups in total. The van der Waals surface area contributed by atoms with Gasteiger partial charge in [0.2, 0.25) is 0 Å². The van der Waals surface area contributed by atoms with Crippen LogP contribution in [0.2, 0.25) is 0 Å². The summed E-state index contributed by atoms with van der Waals surface area (Å²) in [6.07, 6.45) is 6.76. The monoisotopic (exact) mass is 839 g/mol. The van der Waals surface area contributed by atoms with Crippen molar-refractivity contribution in [2.75, 3.05) is 0 Å². The highest BCUT2D eigenvalue weighted by Gasteiger charge is 2.25. The van der Waals surface area contributed by atoms with Crippen molar-refractivity contribution < 1.29 is 4.42 Å². The molecular weight excluding hydrogens is 799 g/mol. The quantitative estimate of drug-likeness (QED) is 0.158. The first-order valence-corrected chi connectivity index (χ1v) is 23.1. The van der Waals surface area contributed by atoms with Crippen LogP contribution in [0.5, 0.6) is 0 Å². The lowest BCUT2D eigenvalue weighted by molar-refractivity contribution is 0.670. The van der Waals surface area contributed by atoms with Crippen molar-refractivity contribution in [3.05, 3.63) is 230 Å². The van der Waals surface area contributed by atoms with E-state index in [4.69, 9.17) is 4.42 Å². The van der Waals surface area contributed by atoms with Crippen molar-refractivity contribution in [3.8, 4) is 50.2 Å². The molecule has 1 aliphatic rings. The number of rotatable bonds is 5. The first-order valence-electron chi connectivity index (χ1n) is 23.1. The highest BCUT2D eigenvalue weighted by atomic mass is 16.3. The van der Waals surface area contributed by atoms with Gasteiger partial charge in [-0.05, 0) is 114 Å². The molecule has 0 amide bonds. The second-order valence-corrected chi connectivity index (χ2v) is 17.8. The Bertz CT molecular complexity index is 4030. The maximum Gasteiger partial charge on any atom is 0.143 e. The van der Waals surface area contributed by atoms with Gasteiger partial charge in [0.15, 0.2) is 0 Å². The van der Waals surface area contributed by atoms with Gasteiger partial charge in [-0.1, -0.05) is 194 Å². The Morgan fingerprint density at radius 2 is 0.879 bits per heavy atom. The van der Waals surface area contributed by atoms with Crippen molar-refractivity contribution in [3.63, 3.8) is 0 Å². The van der Waals surface area contributed by atoms with Crippen molar-refractivity contribution >= 4 is 82.0 Å². The average Bonchev–Trinajstić information content (AvgIpc) is 3.93. The molecule has 2 heterocycles. The van der Waals surface area contributed by atoms with E-state index in [1.165, 1.54) is 110 Å². The van der Waals surface area contributed by atoms with Crippen LogP contribution < -0.4 is 0 Å². The fourth-order valence-corrected chi connectivity index (χ4v) is 11.4. The van der Waals surface area contributed by atoms with Crippen LogP contribution in [-0.4, -0.2) is 4.57 Å². The Hall–Kier alpha value is -8.46. The molecule has 0 bridgehead atoms. The highest BCUT2D eigenvalue weighted by molar-refractivity contribution is 6.25. The summed E-state index contributed by atoms with van der Waals surface area (Å²) < 4.78 is 9.56. The summed E-state index contributed by atoms with van der Waals surface area (Å²) in [4.78, 5) is 0. The minimum Gasteiger partial charge on any atom is -0.455 e. The third kappa shape index (κ3) is 5.42. The molecule has 0 spiro atoms. The SMILES string of the molecule is C1=Cc2c(c3cc(-c4ccccc4)ccc3n2-c2c3ccccc3c(-c3ccc4oc5c(-c6c7ccccc7c(-c7ccccc7)c7ccccc67)cccc5c4c3)c3ccccc23)CC1. The van der Waals surface area contributed by atoms with Gasteiger partial charge in [0.25, 0.3) is 0 Å². The maximum atomic E-state index is 7.01. The van der Waals surface area contributed by atoms with Gasteiger partial charge < -0.3 is 8.98 Å². The number of aryl methyl sites for hydroxylation is 1. The van der Waals surface area contributed by atoms with Gasteiger partial charge in [0.1, 0.15) is 11.2 Å². The number of allylic oxidation sites excluding steroid dienone is 1. The van der Waals surface area contributed by atoms with Crippen LogP contribution >= 0.6 is 0 Å². The topological polar surface area (TPSA) is 18.1 Å². The van der Waals surface area contributed by atoms with Crippen LogP contribution in [0.25, 0.3) is 132 Å². The summed E-state index contributed by atoms with van der Waals surface area (Å²) in [5.74, 6) is 0. The summed E-state index contributed by atoms with van der Waals surface area (Å²) in [5.41, 5.74) is 16.6. The fourth-order valence-electron chi connectivity index (χ4n) is 11.4. The summed E-state index contributed by atoms with van der Waals surface area (Å²) in [5, 5.41) is 13.4. The number of hydrogen-bond donors (Lipinski definition) is 0. The Labute approximate surface area is 381 Å². The molecule has 66 heavy (non-hydrogen) atoms. The lowest BCUT2D eigenvalue weighted by atomic mass is 9.85. The van der Waals surface area contributed by atoms with E-state index in [1.807, 2.05) is 0 Å². The molecule has 1 aliphatic carbocycles. The number of hydrogen-bond acceptors (Lipinski definition) is 1. The van der Waals surface area contributed by atoms with Gasteiger partial charge >= 0.3 is 0 Å². The second-order valence-electron chi connectivity index (χ2n) is 17.8. The van der Waals surface area contributed by atoms with Gasteiger partial charge in [0, 0.05) is 43.8 Å². The van der Waals surface area contributed by atoms with E-state index >= 15 is 0 Å². The van der Waals surface area contributed by atoms with Crippen LogP contribution in [0.1, 0.15) is 17.7 Å². The number of fused-ring (bicyclic) bond motifs is 10. The van der Waals surface area contributed by atoms with E-state index in [0.717, 1.165) is 40.3 Å². The van der Waals surface area contributed by atoms with Crippen LogP contribution in [0.3, 0.4) is 0 Å². The first-order chi connectivity index (χ1) is 32.8. The molecule has 14 rings (SSSR count). The third-order valence-corrected chi connectivity index (χ3v) is 14.2. The van der Waals surface area contributed by atoms with Gasteiger partial charge in [-0.2, -0.15) is 0 Å². The minimum atomic E-state index is 0.882. The van der Waals surface area contributed by atoms with E-state index in [1.54, 1.807) is 0 Å². The number of furan rings is 1. The zero-order valence-electron chi connectivity index (χ0n) is 36.1. The normalized spacial score (nSPS) is 12.7. The zero-order chi connectivity index (χ0) is 43.3. The fraction of sp³-hybridized carbons (Fsp3) is 0.0312. The third-order valence-electron chi connectivity index (χ3n) is 14.2. The minimum absolute atomic E-state index is 0.882. The van der Waals surface area contributed by atoms with Crippen molar-refractivity contribution in [2.24, 2.45) is 0 Å². The molecule has 0 atom stereocenters. The predicted octanol–water partition coefficient (Wildman–Crippen LogP) is 17.8. The molecule has 2 heteroatoms. The standard InChI is InChI=1S/C64H41NO/c1-3-18-40(19-4-1)42-34-36-58-55(38-42)44-22-15-16-33-57(44)65(58)63-51-29-13-11-27-49(51)61(50-28-12-14-30-52(50)63)43-35-37-59-56(39-43)53-31-17-32-54(64(53)66-59)62-47-25-9-7-23-45(47)60(41-20-5-2-6-21-41)46-24-8-10-26-48(46)62/h1-14,16-21,23-39H,15,22H2. The zero-order valence-corrected chi connectivity index (χ0v) is 36.1. The summed E-state index contributed by atoms with van der Waals surface area (Å²) in [6, 6.07) is 77.8. The summed E-state index contributed by atoms with van der Waals surface area (Å²) in [6.45, 7) is 0. The molecule has 2 aromatic heterocycles. The van der Waals surface area contributed by atoms with Crippen LogP contribution in [0, 0.1) is 0 Å². The molecule has 0 fully saturated rings. The number of benzene rings is 11. The van der Waals surface area contributed by atoms with Crippen molar-refractivity contribution in [1.82, 2.24) is 4.57 Å². The molecule has 11 aromatic carbocycles. The van der Waals surface area contributed by atoms with Gasteiger partial charge in [-0.3, -0.25) is 0 Å². The van der Waals surface area contributed by atoms with E-state index in [0.29, 0.717) is 0 Å². The van der Waals surface area contributed by atoms with Gasteiger partial charge in [0.05, 0.1) is 11.2 Å². The lowest BCUT2D eigenvalue weighted by Gasteiger charge is -2.20. The van der Waals surface area contributed by atoms with Crippen LogP contribution in [-0.2, 0) is 6.42 Å². The average molecular weight is 840 g/mol. The van der Waals surface area contributed by atoms with Gasteiger partial charge in [-0.15, -0.1) is 0 Å². The highest BCUT2D eigenvalue weighted by Crippen LogP contribution is 2.49. The van der Waals surface area contributed by atoms with Crippen molar-refractivity contribution in [2.45, 2.75) is 12.8 Å². The molecule has 0 unspecified atom stereocenters. The molecule has 0 saturated carbocycles. The van der Waals surface area contributed by atoms with E-state index in [2.05, 4.69) is 229 Å². The second kappa shape index (κ2) is 14.5. The van der Waals surface area contributed by atoms with Crippen LogP contribution in [0.4, 0.5) is 0 Å². The number of nitrogens with zero attached hydrogens (tertiary/aromatic N) is 1. The van der Waals surface area contributed by atoms with E-state index < -0.39 is 0 Å². The number of aromatic nitrogens is 1. The predicted molar refractivity (Wildman–Crippen MR) is 280 cm³/mol. The molecule has 0 radical (unpaired) electrons. The molecule has 13 aromatic rings. The Morgan fingerprint density at radius 3 is 1.53 bits per heavy atom. The first kappa shape index (κ1) is 37.0. The molecular formula is C64H41NO. The molecule has 308 valence electrons. The molecule has 0 aliphatic heterocycles. The van der Waals surface area contributed by atoms with E-state index in [-0.39, 0.29) is 0 Å². The Morgan fingerprint density at radius 1 is 0.364 bits per heavy atom. The summed E-state index contributed by atoms with van der Waals surface area (Å²) >= 11 is 0.